The normalized spacial score (nSPS) is 19.0. The lowest BCUT2D eigenvalue weighted by Crippen LogP contribution is -2.21. The van der Waals surface area contributed by atoms with E-state index in [-0.39, 0.29) is 0 Å². The number of ether oxygens (including phenoxy) is 1. The number of rotatable bonds is 5. The summed E-state index contributed by atoms with van der Waals surface area (Å²) < 4.78 is 7.96. The van der Waals surface area contributed by atoms with E-state index in [1.807, 2.05) is 0 Å². The van der Waals surface area contributed by atoms with Gasteiger partial charge in [0, 0.05) is 36.8 Å². The molecule has 3 nitrogen and oxygen atoms in total. The highest BCUT2D eigenvalue weighted by Gasteiger charge is 2.15. The van der Waals surface area contributed by atoms with E-state index in [0.29, 0.717) is 6.10 Å². The molecule has 3 rings (SSSR count). The summed E-state index contributed by atoms with van der Waals surface area (Å²) in [5, 5.41) is 4.94. The highest BCUT2D eigenvalue weighted by molar-refractivity contribution is 5.85. The second kappa shape index (κ2) is 5.98. The first-order valence-electron chi connectivity index (χ1n) is 7.62. The predicted octanol–water partition coefficient (Wildman–Crippen LogP) is 3.15. The zero-order chi connectivity index (χ0) is 13.9. The van der Waals surface area contributed by atoms with Gasteiger partial charge in [0.2, 0.25) is 0 Å². The van der Waals surface area contributed by atoms with Crippen LogP contribution >= 0.6 is 0 Å². The van der Waals surface area contributed by atoms with Crippen molar-refractivity contribution in [3.05, 3.63) is 35.5 Å². The number of nitrogens with zero attached hydrogens (tertiary/aromatic N) is 1. The van der Waals surface area contributed by atoms with E-state index >= 15 is 0 Å². The minimum atomic E-state index is 0.482. The van der Waals surface area contributed by atoms with E-state index in [1.54, 1.807) is 0 Å². The summed E-state index contributed by atoms with van der Waals surface area (Å²) in [6, 6.07) is 8.62. The van der Waals surface area contributed by atoms with Gasteiger partial charge in [-0.3, -0.25) is 0 Å². The lowest BCUT2D eigenvalue weighted by Gasteiger charge is -2.11. The third-order valence-electron chi connectivity index (χ3n) is 4.47. The van der Waals surface area contributed by atoms with Crippen molar-refractivity contribution in [2.75, 3.05) is 13.2 Å². The molecule has 1 aromatic heterocycles. The molecule has 1 saturated heterocycles. The minimum absolute atomic E-state index is 0.482. The van der Waals surface area contributed by atoms with Crippen LogP contribution in [0.5, 0.6) is 0 Å². The number of para-hydroxylation sites is 1. The molecule has 1 aliphatic rings. The summed E-state index contributed by atoms with van der Waals surface area (Å²) in [6.45, 7) is 5.14. The third-order valence-corrected chi connectivity index (χ3v) is 4.47. The summed E-state index contributed by atoms with van der Waals surface area (Å²) in [5.74, 6) is 0. The number of fused-ring (bicyclic) bond motifs is 1. The van der Waals surface area contributed by atoms with Crippen molar-refractivity contribution in [3.63, 3.8) is 0 Å². The van der Waals surface area contributed by atoms with E-state index in [0.717, 1.165) is 26.1 Å². The Hall–Kier alpha value is -1.32. The van der Waals surface area contributed by atoms with Crippen LogP contribution in [0.3, 0.4) is 0 Å². The fraction of sp³-hybridized carbons (Fsp3) is 0.529. The van der Waals surface area contributed by atoms with Crippen molar-refractivity contribution < 1.29 is 4.74 Å². The van der Waals surface area contributed by atoms with Gasteiger partial charge in [-0.05, 0) is 44.4 Å². The van der Waals surface area contributed by atoms with Gasteiger partial charge in [-0.25, -0.2) is 0 Å². The van der Waals surface area contributed by atoms with E-state index in [4.69, 9.17) is 4.74 Å². The van der Waals surface area contributed by atoms with Crippen LogP contribution in [-0.2, 0) is 18.3 Å². The van der Waals surface area contributed by atoms with Crippen molar-refractivity contribution in [2.24, 2.45) is 7.05 Å². The summed E-state index contributed by atoms with van der Waals surface area (Å²) in [7, 11) is 2.16. The SMILES string of the molecule is Cc1c(CNCCC2CCCO2)n(C)c2ccccc12. The van der Waals surface area contributed by atoms with Gasteiger partial charge in [0.25, 0.3) is 0 Å². The molecule has 3 heteroatoms. The second-order valence-electron chi connectivity index (χ2n) is 5.75. The Kier molecular flexibility index (Phi) is 4.08. The molecular formula is C17H24N2O. The van der Waals surface area contributed by atoms with E-state index in [1.165, 1.54) is 35.0 Å². The van der Waals surface area contributed by atoms with Crippen molar-refractivity contribution in [3.8, 4) is 0 Å². The third kappa shape index (κ3) is 2.60. The zero-order valence-corrected chi connectivity index (χ0v) is 12.5. The van der Waals surface area contributed by atoms with Crippen LogP contribution in [0.4, 0.5) is 0 Å². The second-order valence-corrected chi connectivity index (χ2v) is 5.75. The molecule has 0 amide bonds. The Morgan fingerprint density at radius 1 is 1.35 bits per heavy atom. The Morgan fingerprint density at radius 3 is 2.95 bits per heavy atom. The van der Waals surface area contributed by atoms with Crippen molar-refractivity contribution in [1.29, 1.82) is 0 Å². The highest BCUT2D eigenvalue weighted by Crippen LogP contribution is 2.24. The molecule has 108 valence electrons. The molecule has 0 saturated carbocycles. The number of hydrogen-bond acceptors (Lipinski definition) is 2. The van der Waals surface area contributed by atoms with Crippen LogP contribution in [-0.4, -0.2) is 23.8 Å². The summed E-state index contributed by atoms with van der Waals surface area (Å²) >= 11 is 0. The van der Waals surface area contributed by atoms with Crippen LogP contribution in [0, 0.1) is 6.92 Å². The number of hydrogen-bond donors (Lipinski definition) is 1. The predicted molar refractivity (Wildman–Crippen MR) is 83.0 cm³/mol. The molecule has 0 spiro atoms. The van der Waals surface area contributed by atoms with Crippen LogP contribution in [0.1, 0.15) is 30.5 Å². The first-order chi connectivity index (χ1) is 9.77. The fourth-order valence-corrected chi connectivity index (χ4v) is 3.23. The number of aromatic nitrogens is 1. The molecule has 1 aromatic carbocycles. The number of benzene rings is 1. The molecule has 2 aromatic rings. The average molecular weight is 272 g/mol. The summed E-state index contributed by atoms with van der Waals surface area (Å²) in [4.78, 5) is 0. The van der Waals surface area contributed by atoms with E-state index in [2.05, 4.69) is 48.1 Å². The molecule has 1 N–H and O–H groups in total. The van der Waals surface area contributed by atoms with Crippen LogP contribution < -0.4 is 5.32 Å². The van der Waals surface area contributed by atoms with Gasteiger partial charge in [0.15, 0.2) is 0 Å². The monoisotopic (exact) mass is 272 g/mol. The molecule has 1 fully saturated rings. The lowest BCUT2D eigenvalue weighted by molar-refractivity contribution is 0.104. The molecule has 0 radical (unpaired) electrons. The Balaban J connectivity index is 1.62. The first-order valence-corrected chi connectivity index (χ1v) is 7.62. The Labute approximate surface area is 120 Å². The van der Waals surface area contributed by atoms with Gasteiger partial charge in [-0.2, -0.15) is 0 Å². The molecule has 0 aliphatic carbocycles. The Bertz CT molecular complexity index is 543. The minimum Gasteiger partial charge on any atom is -0.378 e. The van der Waals surface area contributed by atoms with Crippen molar-refractivity contribution in [1.82, 2.24) is 9.88 Å². The van der Waals surface area contributed by atoms with Gasteiger partial charge in [-0.1, -0.05) is 18.2 Å². The standard InChI is InChI=1S/C17H24N2O/c1-13-15-7-3-4-8-16(15)19(2)17(13)12-18-10-9-14-6-5-11-20-14/h3-4,7-8,14,18H,5-6,9-12H2,1-2H3. The maximum absolute atomic E-state index is 5.66. The fourth-order valence-electron chi connectivity index (χ4n) is 3.23. The van der Waals surface area contributed by atoms with Crippen LogP contribution in [0.15, 0.2) is 24.3 Å². The molecule has 1 atom stereocenters. The first kappa shape index (κ1) is 13.7. The van der Waals surface area contributed by atoms with E-state index < -0.39 is 0 Å². The largest absolute Gasteiger partial charge is 0.378 e. The molecule has 1 unspecified atom stereocenters. The zero-order valence-electron chi connectivity index (χ0n) is 12.5. The molecule has 20 heavy (non-hydrogen) atoms. The molecule has 2 heterocycles. The van der Waals surface area contributed by atoms with Crippen molar-refractivity contribution >= 4 is 10.9 Å². The smallest absolute Gasteiger partial charge is 0.0588 e. The van der Waals surface area contributed by atoms with E-state index in [9.17, 15) is 0 Å². The van der Waals surface area contributed by atoms with Gasteiger partial charge in [-0.15, -0.1) is 0 Å². The molecule has 0 bridgehead atoms. The van der Waals surface area contributed by atoms with Gasteiger partial charge in [0.05, 0.1) is 6.10 Å². The summed E-state index contributed by atoms with van der Waals surface area (Å²) in [5.41, 5.74) is 4.10. The number of nitrogens with one attached hydrogen (secondary N) is 1. The van der Waals surface area contributed by atoms with Gasteiger partial charge < -0.3 is 14.6 Å². The maximum Gasteiger partial charge on any atom is 0.0588 e. The van der Waals surface area contributed by atoms with Gasteiger partial charge in [0.1, 0.15) is 0 Å². The average Bonchev–Trinajstić information content (AvgIpc) is 3.06. The highest BCUT2D eigenvalue weighted by atomic mass is 16.5. The molecular weight excluding hydrogens is 248 g/mol. The Morgan fingerprint density at radius 2 is 2.20 bits per heavy atom. The van der Waals surface area contributed by atoms with Crippen molar-refractivity contribution in [2.45, 2.75) is 38.8 Å². The topological polar surface area (TPSA) is 26.2 Å². The van der Waals surface area contributed by atoms with Crippen LogP contribution in [0.2, 0.25) is 0 Å². The quantitative estimate of drug-likeness (QED) is 0.846. The molecule has 1 aliphatic heterocycles. The van der Waals surface area contributed by atoms with Crippen LogP contribution in [0.25, 0.3) is 10.9 Å². The lowest BCUT2D eigenvalue weighted by atomic mass is 10.1. The van der Waals surface area contributed by atoms with Gasteiger partial charge >= 0.3 is 0 Å². The summed E-state index contributed by atoms with van der Waals surface area (Å²) in [6.07, 6.45) is 4.07. The maximum atomic E-state index is 5.66. The number of aryl methyl sites for hydroxylation is 2.